The molecule has 0 bridgehead atoms. The molecule has 3 heterocycles. The number of hydrogen-bond acceptors (Lipinski definition) is 7. The van der Waals surface area contributed by atoms with Gasteiger partial charge < -0.3 is 10.5 Å². The predicted octanol–water partition coefficient (Wildman–Crippen LogP) is 1.12. The Kier molecular flexibility index (Phi) is 3.00. The molecular weight excluding hydrogens is 264 g/mol. The van der Waals surface area contributed by atoms with Crippen molar-refractivity contribution in [3.63, 3.8) is 0 Å². The molecule has 0 saturated heterocycles. The summed E-state index contributed by atoms with van der Waals surface area (Å²) in [4.78, 5) is 16.7. The summed E-state index contributed by atoms with van der Waals surface area (Å²) in [5.41, 5.74) is 7.19. The Hall–Kier alpha value is -2.22. The fourth-order valence-electron chi connectivity index (χ4n) is 1.89. The number of fused-ring (bicyclic) bond motifs is 1. The number of nitrogens with zero attached hydrogens (tertiary/aromatic N) is 5. The predicted molar refractivity (Wildman–Crippen MR) is 72.1 cm³/mol. The van der Waals surface area contributed by atoms with Gasteiger partial charge in [-0.1, -0.05) is 0 Å². The highest BCUT2D eigenvalue weighted by molar-refractivity contribution is 7.09. The molecule has 98 valence electrons. The first-order chi connectivity index (χ1) is 9.29. The minimum atomic E-state index is 0.408. The van der Waals surface area contributed by atoms with Gasteiger partial charge in [0, 0.05) is 24.5 Å². The van der Waals surface area contributed by atoms with Gasteiger partial charge in [0.1, 0.15) is 6.33 Å². The van der Waals surface area contributed by atoms with Crippen LogP contribution in [0.4, 0.5) is 5.95 Å². The maximum absolute atomic E-state index is 5.93. The van der Waals surface area contributed by atoms with E-state index in [1.165, 1.54) is 6.33 Å². The molecule has 0 aliphatic rings. The highest BCUT2D eigenvalue weighted by atomic mass is 32.1. The van der Waals surface area contributed by atoms with Crippen molar-refractivity contribution in [2.24, 2.45) is 0 Å². The van der Waals surface area contributed by atoms with E-state index >= 15 is 0 Å². The number of nitrogens with two attached hydrogens (primary N) is 1. The summed E-state index contributed by atoms with van der Waals surface area (Å²) >= 11 is 1.62. The molecule has 3 rings (SSSR count). The van der Waals surface area contributed by atoms with Crippen molar-refractivity contribution in [2.45, 2.75) is 13.0 Å². The van der Waals surface area contributed by atoms with Crippen LogP contribution in [0.2, 0.25) is 0 Å². The third-order valence-corrected chi connectivity index (χ3v) is 3.59. The van der Waals surface area contributed by atoms with Crippen LogP contribution in [0.25, 0.3) is 11.2 Å². The van der Waals surface area contributed by atoms with E-state index in [9.17, 15) is 0 Å². The van der Waals surface area contributed by atoms with Crippen LogP contribution in [-0.4, -0.2) is 31.6 Å². The largest absolute Gasteiger partial charge is 0.479 e. The zero-order valence-corrected chi connectivity index (χ0v) is 11.1. The molecule has 8 heteroatoms. The number of ether oxygens (including phenoxy) is 1. The second kappa shape index (κ2) is 4.81. The van der Waals surface area contributed by atoms with Gasteiger partial charge in [-0.3, -0.25) is 4.57 Å². The van der Waals surface area contributed by atoms with Crippen molar-refractivity contribution in [3.8, 4) is 5.88 Å². The zero-order chi connectivity index (χ0) is 13.2. The van der Waals surface area contributed by atoms with Crippen LogP contribution >= 0.6 is 11.3 Å². The summed E-state index contributed by atoms with van der Waals surface area (Å²) in [7, 11) is 1.55. The maximum Gasteiger partial charge on any atom is 0.245 e. The van der Waals surface area contributed by atoms with Gasteiger partial charge in [-0.15, -0.1) is 11.3 Å². The van der Waals surface area contributed by atoms with Gasteiger partial charge in [0.25, 0.3) is 0 Å². The number of anilines is 1. The highest BCUT2D eigenvalue weighted by Crippen LogP contribution is 2.23. The molecule has 3 aromatic rings. The van der Waals surface area contributed by atoms with Gasteiger partial charge in [0.2, 0.25) is 11.8 Å². The maximum atomic E-state index is 5.93. The third kappa shape index (κ3) is 2.10. The smallest absolute Gasteiger partial charge is 0.245 e. The summed E-state index contributed by atoms with van der Waals surface area (Å²) in [6, 6.07) is 0. The van der Waals surface area contributed by atoms with Crippen LogP contribution in [0, 0.1) is 0 Å². The molecule has 0 atom stereocenters. The van der Waals surface area contributed by atoms with Crippen molar-refractivity contribution in [3.05, 3.63) is 22.9 Å². The summed E-state index contributed by atoms with van der Waals surface area (Å²) in [6.45, 7) is 0.677. The molecule has 0 aliphatic carbocycles. The number of thiazole rings is 1. The minimum absolute atomic E-state index is 0.408. The fourth-order valence-corrected chi connectivity index (χ4v) is 2.50. The van der Waals surface area contributed by atoms with E-state index in [0.29, 0.717) is 29.5 Å². The van der Waals surface area contributed by atoms with Crippen LogP contribution in [0.15, 0.2) is 17.9 Å². The Morgan fingerprint density at radius 3 is 3.00 bits per heavy atom. The van der Waals surface area contributed by atoms with Crippen molar-refractivity contribution in [2.75, 3.05) is 12.8 Å². The first-order valence-corrected chi connectivity index (χ1v) is 6.56. The number of methoxy groups -OCH3 is 1. The monoisotopic (exact) mass is 276 g/mol. The molecule has 0 aromatic carbocycles. The quantitative estimate of drug-likeness (QED) is 0.767. The molecule has 0 amide bonds. The molecule has 0 spiro atoms. The molecule has 19 heavy (non-hydrogen) atoms. The number of nitrogen functional groups attached to an aromatic ring is 1. The molecule has 0 radical (unpaired) electrons. The van der Waals surface area contributed by atoms with Crippen LogP contribution in [0.5, 0.6) is 5.88 Å². The van der Waals surface area contributed by atoms with Gasteiger partial charge in [-0.2, -0.15) is 4.98 Å². The first-order valence-electron chi connectivity index (χ1n) is 5.68. The molecule has 7 nitrogen and oxygen atoms in total. The van der Waals surface area contributed by atoms with E-state index in [1.54, 1.807) is 24.6 Å². The van der Waals surface area contributed by atoms with Gasteiger partial charge >= 0.3 is 0 Å². The van der Waals surface area contributed by atoms with E-state index in [4.69, 9.17) is 10.5 Å². The SMILES string of the molecule is COc1ncnc2c1nc(N)n2CCc1nccs1. The number of aryl methyl sites for hydroxylation is 2. The zero-order valence-electron chi connectivity index (χ0n) is 10.3. The lowest BCUT2D eigenvalue weighted by atomic mass is 10.4. The van der Waals surface area contributed by atoms with Crippen molar-refractivity contribution in [1.82, 2.24) is 24.5 Å². The number of hydrogen-bond donors (Lipinski definition) is 1. The molecule has 3 aromatic heterocycles. The van der Waals surface area contributed by atoms with Crippen LogP contribution in [0.1, 0.15) is 5.01 Å². The van der Waals surface area contributed by atoms with E-state index in [2.05, 4.69) is 19.9 Å². The third-order valence-electron chi connectivity index (χ3n) is 2.75. The Morgan fingerprint density at radius 2 is 2.26 bits per heavy atom. The summed E-state index contributed by atoms with van der Waals surface area (Å²) < 4.78 is 7.00. The van der Waals surface area contributed by atoms with Gasteiger partial charge in [0.15, 0.2) is 11.2 Å². The second-order valence-corrected chi connectivity index (χ2v) is 4.83. The Bertz CT molecular complexity index is 693. The lowest BCUT2D eigenvalue weighted by Gasteiger charge is -2.04. The molecule has 0 saturated carbocycles. The second-order valence-electron chi connectivity index (χ2n) is 3.85. The minimum Gasteiger partial charge on any atom is -0.479 e. The molecular formula is C11H12N6OS. The van der Waals surface area contributed by atoms with E-state index < -0.39 is 0 Å². The van der Waals surface area contributed by atoms with Gasteiger partial charge in [-0.25, -0.2) is 15.0 Å². The lowest BCUT2D eigenvalue weighted by molar-refractivity contribution is 0.401. The number of imidazole rings is 1. The Morgan fingerprint density at radius 1 is 1.37 bits per heavy atom. The van der Waals surface area contributed by atoms with Crippen LogP contribution in [0.3, 0.4) is 0 Å². The fraction of sp³-hybridized carbons (Fsp3) is 0.273. The number of rotatable bonds is 4. The first kappa shape index (κ1) is 11.8. The van der Waals surface area contributed by atoms with Crippen LogP contribution in [-0.2, 0) is 13.0 Å². The normalized spacial score (nSPS) is 11.0. The van der Waals surface area contributed by atoms with Gasteiger partial charge in [-0.05, 0) is 0 Å². The van der Waals surface area contributed by atoms with Gasteiger partial charge in [0.05, 0.1) is 12.1 Å². The van der Waals surface area contributed by atoms with E-state index in [1.807, 2.05) is 9.95 Å². The van der Waals surface area contributed by atoms with E-state index in [-0.39, 0.29) is 0 Å². The number of aromatic nitrogens is 5. The molecule has 0 unspecified atom stereocenters. The molecule has 0 aliphatic heterocycles. The van der Waals surface area contributed by atoms with Crippen LogP contribution < -0.4 is 10.5 Å². The standard InChI is InChI=1S/C11H12N6OS/c1-18-10-8-9(14-6-15-10)17(11(12)16-8)4-2-7-13-3-5-19-7/h3,5-6H,2,4H2,1H3,(H2,12,16). The Labute approximate surface area is 113 Å². The highest BCUT2D eigenvalue weighted by Gasteiger charge is 2.14. The summed E-state index contributed by atoms with van der Waals surface area (Å²) in [6.07, 6.45) is 4.03. The summed E-state index contributed by atoms with van der Waals surface area (Å²) in [5, 5.41) is 3.01. The van der Waals surface area contributed by atoms with Crippen molar-refractivity contribution < 1.29 is 4.74 Å². The van der Waals surface area contributed by atoms with E-state index in [0.717, 1.165) is 11.4 Å². The topological polar surface area (TPSA) is 91.7 Å². The average Bonchev–Trinajstić information content (AvgIpc) is 3.03. The average molecular weight is 276 g/mol. The molecule has 2 N–H and O–H groups in total. The lowest BCUT2D eigenvalue weighted by Crippen LogP contribution is -2.06. The molecule has 0 fully saturated rings. The van der Waals surface area contributed by atoms with Crippen molar-refractivity contribution >= 4 is 28.4 Å². The summed E-state index contributed by atoms with van der Waals surface area (Å²) in [5.74, 6) is 0.843. The Balaban J connectivity index is 1.96. The van der Waals surface area contributed by atoms with Crippen molar-refractivity contribution in [1.29, 1.82) is 0 Å².